The van der Waals surface area contributed by atoms with E-state index in [4.69, 9.17) is 16.0 Å². The molecule has 0 saturated heterocycles. The maximum atomic E-state index is 11.2. The summed E-state index contributed by atoms with van der Waals surface area (Å²) < 4.78 is 5.19. The van der Waals surface area contributed by atoms with E-state index in [9.17, 15) is 9.90 Å². The molecule has 1 unspecified atom stereocenters. The van der Waals surface area contributed by atoms with Crippen molar-refractivity contribution in [3.8, 4) is 0 Å². The summed E-state index contributed by atoms with van der Waals surface area (Å²) >= 11 is 5.88. The predicted octanol–water partition coefficient (Wildman–Crippen LogP) is 3.42. The van der Waals surface area contributed by atoms with Gasteiger partial charge >= 0.3 is 5.97 Å². The molecule has 0 amide bonds. The van der Waals surface area contributed by atoms with Gasteiger partial charge in [-0.3, -0.25) is 4.79 Å². The lowest BCUT2D eigenvalue weighted by Gasteiger charge is -2.11. The molecule has 0 radical (unpaired) electrons. The SMILES string of the molecule is O=C(O)C(Cc1cccc(Cl)c1)Cc1ccco1. The molecule has 0 fully saturated rings. The second-order valence-corrected chi connectivity index (χ2v) is 4.59. The molecule has 0 saturated carbocycles. The Hall–Kier alpha value is -1.74. The lowest BCUT2D eigenvalue weighted by atomic mass is 9.95. The summed E-state index contributed by atoms with van der Waals surface area (Å²) in [6, 6.07) is 10.8. The summed E-state index contributed by atoms with van der Waals surface area (Å²) in [4.78, 5) is 11.2. The van der Waals surface area contributed by atoms with Crippen LogP contribution in [0.3, 0.4) is 0 Å². The fourth-order valence-electron chi connectivity index (χ4n) is 1.87. The maximum Gasteiger partial charge on any atom is 0.307 e. The molecule has 0 bridgehead atoms. The molecule has 3 nitrogen and oxygen atoms in total. The minimum absolute atomic E-state index is 0.384. The highest BCUT2D eigenvalue weighted by Crippen LogP contribution is 2.18. The number of rotatable bonds is 5. The number of carbonyl (C=O) groups is 1. The van der Waals surface area contributed by atoms with E-state index in [0.717, 1.165) is 5.56 Å². The van der Waals surface area contributed by atoms with Crippen LogP contribution in [0.25, 0.3) is 0 Å². The quantitative estimate of drug-likeness (QED) is 0.900. The van der Waals surface area contributed by atoms with Crippen molar-refractivity contribution in [2.75, 3.05) is 0 Å². The lowest BCUT2D eigenvalue weighted by molar-refractivity contribution is -0.141. The Labute approximate surface area is 110 Å². The Morgan fingerprint density at radius 2 is 2.11 bits per heavy atom. The van der Waals surface area contributed by atoms with Crippen LogP contribution >= 0.6 is 11.6 Å². The van der Waals surface area contributed by atoms with E-state index in [-0.39, 0.29) is 0 Å². The van der Waals surface area contributed by atoms with Gasteiger partial charge in [-0.05, 0) is 36.2 Å². The number of carboxylic acids is 1. The molecule has 18 heavy (non-hydrogen) atoms. The molecule has 94 valence electrons. The zero-order chi connectivity index (χ0) is 13.0. The van der Waals surface area contributed by atoms with Crippen molar-refractivity contribution in [3.63, 3.8) is 0 Å². The van der Waals surface area contributed by atoms with Crippen LogP contribution in [0.15, 0.2) is 47.1 Å². The monoisotopic (exact) mass is 264 g/mol. The number of hydrogen-bond donors (Lipinski definition) is 1. The lowest BCUT2D eigenvalue weighted by Crippen LogP contribution is -2.18. The largest absolute Gasteiger partial charge is 0.481 e. The van der Waals surface area contributed by atoms with Gasteiger partial charge in [-0.2, -0.15) is 0 Å². The highest BCUT2D eigenvalue weighted by molar-refractivity contribution is 6.30. The Morgan fingerprint density at radius 1 is 1.28 bits per heavy atom. The molecule has 1 atom stereocenters. The number of carboxylic acid groups (broad SMARTS) is 1. The van der Waals surface area contributed by atoms with Crippen molar-refractivity contribution in [2.45, 2.75) is 12.8 Å². The van der Waals surface area contributed by atoms with E-state index in [2.05, 4.69) is 0 Å². The fraction of sp³-hybridized carbons (Fsp3) is 0.214. The van der Waals surface area contributed by atoms with Crippen molar-refractivity contribution in [1.29, 1.82) is 0 Å². The third kappa shape index (κ3) is 3.37. The molecule has 1 heterocycles. The molecule has 2 aromatic rings. The van der Waals surface area contributed by atoms with Crippen LogP contribution < -0.4 is 0 Å². The van der Waals surface area contributed by atoms with E-state index >= 15 is 0 Å². The van der Waals surface area contributed by atoms with Gasteiger partial charge in [-0.15, -0.1) is 0 Å². The minimum Gasteiger partial charge on any atom is -0.481 e. The van der Waals surface area contributed by atoms with Crippen molar-refractivity contribution in [1.82, 2.24) is 0 Å². The Morgan fingerprint density at radius 3 is 2.72 bits per heavy atom. The van der Waals surface area contributed by atoms with Crippen molar-refractivity contribution >= 4 is 17.6 Å². The van der Waals surface area contributed by atoms with Crippen molar-refractivity contribution in [3.05, 3.63) is 59.0 Å². The fourth-order valence-corrected chi connectivity index (χ4v) is 2.08. The summed E-state index contributed by atoms with van der Waals surface area (Å²) in [5.41, 5.74) is 0.918. The van der Waals surface area contributed by atoms with Crippen LogP contribution in [0, 0.1) is 5.92 Å². The molecule has 1 N–H and O–H groups in total. The Bertz CT molecular complexity index is 520. The van der Waals surface area contributed by atoms with Gasteiger partial charge in [0.1, 0.15) is 5.76 Å². The number of hydrogen-bond acceptors (Lipinski definition) is 2. The molecule has 0 aliphatic rings. The topological polar surface area (TPSA) is 50.4 Å². The first kappa shape index (κ1) is 12.7. The highest BCUT2D eigenvalue weighted by Gasteiger charge is 2.19. The summed E-state index contributed by atoms with van der Waals surface area (Å²) in [6.45, 7) is 0. The smallest absolute Gasteiger partial charge is 0.307 e. The van der Waals surface area contributed by atoms with E-state index in [0.29, 0.717) is 23.6 Å². The normalized spacial score (nSPS) is 12.3. The second kappa shape index (κ2) is 5.74. The van der Waals surface area contributed by atoms with Gasteiger partial charge in [0, 0.05) is 11.4 Å². The number of furan rings is 1. The molecule has 0 aliphatic carbocycles. The highest BCUT2D eigenvalue weighted by atomic mass is 35.5. The summed E-state index contributed by atoms with van der Waals surface area (Å²) in [7, 11) is 0. The van der Waals surface area contributed by atoms with Crippen LogP contribution in [0.4, 0.5) is 0 Å². The Kier molecular flexibility index (Phi) is 4.05. The van der Waals surface area contributed by atoms with E-state index in [1.165, 1.54) is 0 Å². The molecule has 0 spiro atoms. The second-order valence-electron chi connectivity index (χ2n) is 4.15. The first-order valence-electron chi connectivity index (χ1n) is 5.65. The zero-order valence-corrected chi connectivity index (χ0v) is 10.4. The standard InChI is InChI=1S/C14H13ClO3/c15-12-4-1-3-10(8-12)7-11(14(16)17)9-13-5-2-6-18-13/h1-6,8,11H,7,9H2,(H,16,17). The number of aliphatic carboxylic acids is 1. The molecule has 4 heteroatoms. The maximum absolute atomic E-state index is 11.2. The van der Waals surface area contributed by atoms with Crippen LogP contribution in [-0.2, 0) is 17.6 Å². The van der Waals surface area contributed by atoms with Gasteiger partial charge in [0.15, 0.2) is 0 Å². The van der Waals surface area contributed by atoms with Gasteiger partial charge in [-0.1, -0.05) is 23.7 Å². The molecule has 0 aliphatic heterocycles. The van der Waals surface area contributed by atoms with Crippen molar-refractivity contribution in [2.24, 2.45) is 5.92 Å². The first-order valence-corrected chi connectivity index (χ1v) is 6.02. The average molecular weight is 265 g/mol. The van der Waals surface area contributed by atoms with E-state index in [1.54, 1.807) is 30.5 Å². The van der Waals surface area contributed by atoms with Crippen LogP contribution in [-0.4, -0.2) is 11.1 Å². The molecular formula is C14H13ClO3. The van der Waals surface area contributed by atoms with Gasteiger partial charge in [0.05, 0.1) is 12.2 Å². The molecule has 1 aromatic carbocycles. The molecular weight excluding hydrogens is 252 g/mol. The summed E-state index contributed by atoms with van der Waals surface area (Å²) in [5, 5.41) is 9.85. The van der Waals surface area contributed by atoms with Gasteiger partial charge < -0.3 is 9.52 Å². The van der Waals surface area contributed by atoms with Crippen LogP contribution in [0.1, 0.15) is 11.3 Å². The third-order valence-electron chi connectivity index (χ3n) is 2.75. The number of halogens is 1. The predicted molar refractivity (Wildman–Crippen MR) is 68.7 cm³/mol. The van der Waals surface area contributed by atoms with E-state index < -0.39 is 11.9 Å². The zero-order valence-electron chi connectivity index (χ0n) is 9.67. The minimum atomic E-state index is -0.827. The van der Waals surface area contributed by atoms with E-state index in [1.807, 2.05) is 12.1 Å². The molecule has 1 aromatic heterocycles. The average Bonchev–Trinajstić information content (AvgIpc) is 2.81. The molecule has 2 rings (SSSR count). The summed E-state index contributed by atoms with van der Waals surface area (Å²) in [5.74, 6) is -0.648. The summed E-state index contributed by atoms with van der Waals surface area (Å²) in [6.07, 6.45) is 2.37. The Balaban J connectivity index is 2.09. The van der Waals surface area contributed by atoms with Gasteiger partial charge in [0.2, 0.25) is 0 Å². The van der Waals surface area contributed by atoms with Gasteiger partial charge in [0.25, 0.3) is 0 Å². The van der Waals surface area contributed by atoms with Crippen LogP contribution in [0.2, 0.25) is 5.02 Å². The van der Waals surface area contributed by atoms with Gasteiger partial charge in [-0.25, -0.2) is 0 Å². The third-order valence-corrected chi connectivity index (χ3v) is 2.98. The first-order chi connectivity index (χ1) is 8.65. The number of benzene rings is 1. The van der Waals surface area contributed by atoms with Crippen LogP contribution in [0.5, 0.6) is 0 Å². The van der Waals surface area contributed by atoms with Crippen molar-refractivity contribution < 1.29 is 14.3 Å².